The van der Waals surface area contributed by atoms with Crippen molar-refractivity contribution in [3.05, 3.63) is 0 Å². The van der Waals surface area contributed by atoms with E-state index in [1.807, 2.05) is 4.90 Å². The Bertz CT molecular complexity index is 406. The molecule has 2 atom stereocenters. The lowest BCUT2D eigenvalue weighted by Crippen LogP contribution is -2.45. The Kier molecular flexibility index (Phi) is 3.71. The fourth-order valence-electron chi connectivity index (χ4n) is 3.38. The van der Waals surface area contributed by atoms with E-state index in [2.05, 4.69) is 13.8 Å². The summed E-state index contributed by atoms with van der Waals surface area (Å²) >= 11 is 0. The molecule has 0 N–H and O–H groups in total. The highest BCUT2D eigenvalue weighted by molar-refractivity contribution is 5.89. The van der Waals surface area contributed by atoms with Crippen LogP contribution in [0.15, 0.2) is 0 Å². The summed E-state index contributed by atoms with van der Waals surface area (Å²) in [7, 11) is 0. The summed E-state index contributed by atoms with van der Waals surface area (Å²) in [5.74, 6) is 0.483. The van der Waals surface area contributed by atoms with Crippen LogP contribution in [0.5, 0.6) is 0 Å². The van der Waals surface area contributed by atoms with Gasteiger partial charge >= 0.3 is 0 Å². The molecule has 2 aliphatic heterocycles. The third-order valence-corrected chi connectivity index (χ3v) is 4.61. The third-order valence-electron chi connectivity index (χ3n) is 4.61. The average Bonchev–Trinajstić information content (AvgIpc) is 3.21. The van der Waals surface area contributed by atoms with E-state index < -0.39 is 0 Å². The van der Waals surface area contributed by atoms with Crippen LogP contribution in [0.4, 0.5) is 0 Å². The van der Waals surface area contributed by atoms with Gasteiger partial charge in [0.05, 0.1) is 18.7 Å². The molecule has 5 nitrogen and oxygen atoms in total. The van der Waals surface area contributed by atoms with Crippen LogP contribution in [0.2, 0.25) is 0 Å². The molecular weight excluding hydrogens is 256 g/mol. The van der Waals surface area contributed by atoms with Crippen LogP contribution in [0.3, 0.4) is 0 Å². The summed E-state index contributed by atoms with van der Waals surface area (Å²) in [4.78, 5) is 28.3. The standard InChI is InChI=1S/C15H24N2O3/c1-10(2)14-12(4-3-7-20-14)15(19)16-8-13(18)17(9-16)11-5-6-11/h10-12,14H,3-9H2,1-2H3/t12-,14-/m1/s1. The van der Waals surface area contributed by atoms with Crippen molar-refractivity contribution in [2.75, 3.05) is 19.8 Å². The van der Waals surface area contributed by atoms with Gasteiger partial charge in [0.2, 0.25) is 11.8 Å². The van der Waals surface area contributed by atoms with Gasteiger partial charge in [-0.15, -0.1) is 0 Å². The normalized spacial score (nSPS) is 31.2. The predicted octanol–water partition coefficient (Wildman–Crippen LogP) is 1.23. The maximum Gasteiger partial charge on any atom is 0.243 e. The van der Waals surface area contributed by atoms with Crippen LogP contribution in [-0.4, -0.2) is 53.6 Å². The molecule has 1 aliphatic carbocycles. The van der Waals surface area contributed by atoms with E-state index in [1.54, 1.807) is 4.90 Å². The first-order chi connectivity index (χ1) is 9.58. The number of carbonyl (C=O) groups is 2. The Morgan fingerprint density at radius 2 is 2.05 bits per heavy atom. The van der Waals surface area contributed by atoms with Gasteiger partial charge in [0.1, 0.15) is 6.54 Å². The van der Waals surface area contributed by atoms with Gasteiger partial charge in [-0.3, -0.25) is 9.59 Å². The molecule has 2 saturated heterocycles. The molecule has 0 aromatic heterocycles. The van der Waals surface area contributed by atoms with Gasteiger partial charge in [0.15, 0.2) is 0 Å². The molecule has 0 unspecified atom stereocenters. The van der Waals surface area contributed by atoms with Crippen molar-refractivity contribution >= 4 is 11.8 Å². The molecule has 3 aliphatic rings. The van der Waals surface area contributed by atoms with Gasteiger partial charge in [-0.2, -0.15) is 0 Å². The van der Waals surface area contributed by atoms with E-state index in [-0.39, 0.29) is 30.4 Å². The summed E-state index contributed by atoms with van der Waals surface area (Å²) < 4.78 is 5.80. The fourth-order valence-corrected chi connectivity index (χ4v) is 3.38. The van der Waals surface area contributed by atoms with Crippen molar-refractivity contribution in [2.45, 2.75) is 51.7 Å². The molecule has 20 heavy (non-hydrogen) atoms. The Labute approximate surface area is 120 Å². The monoisotopic (exact) mass is 280 g/mol. The molecule has 2 heterocycles. The van der Waals surface area contributed by atoms with Crippen LogP contribution < -0.4 is 0 Å². The van der Waals surface area contributed by atoms with E-state index in [0.29, 0.717) is 18.6 Å². The van der Waals surface area contributed by atoms with Crippen molar-refractivity contribution in [3.63, 3.8) is 0 Å². The molecule has 1 saturated carbocycles. The lowest BCUT2D eigenvalue weighted by Gasteiger charge is -2.35. The van der Waals surface area contributed by atoms with E-state index >= 15 is 0 Å². The lowest BCUT2D eigenvalue weighted by atomic mass is 9.86. The van der Waals surface area contributed by atoms with E-state index in [1.165, 1.54) is 0 Å². The minimum Gasteiger partial charge on any atom is -0.377 e. The zero-order valence-electron chi connectivity index (χ0n) is 12.4. The highest BCUT2D eigenvalue weighted by atomic mass is 16.5. The predicted molar refractivity (Wildman–Crippen MR) is 73.8 cm³/mol. The number of hydrogen-bond acceptors (Lipinski definition) is 3. The summed E-state index contributed by atoms with van der Waals surface area (Å²) in [5.41, 5.74) is 0. The van der Waals surface area contributed by atoms with Crippen molar-refractivity contribution in [1.82, 2.24) is 9.80 Å². The summed E-state index contributed by atoms with van der Waals surface area (Å²) in [6.07, 6.45) is 4.01. The first kappa shape index (κ1) is 13.9. The molecule has 112 valence electrons. The summed E-state index contributed by atoms with van der Waals surface area (Å²) in [6, 6.07) is 0.392. The zero-order valence-corrected chi connectivity index (χ0v) is 12.4. The van der Waals surface area contributed by atoms with Crippen LogP contribution in [-0.2, 0) is 14.3 Å². The van der Waals surface area contributed by atoms with Gasteiger partial charge in [-0.25, -0.2) is 0 Å². The maximum atomic E-state index is 12.7. The van der Waals surface area contributed by atoms with Gasteiger partial charge in [0, 0.05) is 12.6 Å². The minimum atomic E-state index is -0.0734. The molecule has 0 aromatic rings. The largest absolute Gasteiger partial charge is 0.377 e. The van der Waals surface area contributed by atoms with Crippen molar-refractivity contribution in [1.29, 1.82) is 0 Å². The quantitative estimate of drug-likeness (QED) is 0.781. The Balaban J connectivity index is 1.67. The highest BCUT2D eigenvalue weighted by Gasteiger charge is 2.43. The molecule has 5 heteroatoms. The molecular formula is C15H24N2O3. The van der Waals surface area contributed by atoms with E-state index in [4.69, 9.17) is 4.74 Å². The molecule has 3 fully saturated rings. The smallest absolute Gasteiger partial charge is 0.243 e. The summed E-state index contributed by atoms with van der Waals surface area (Å²) in [5, 5.41) is 0. The molecule has 2 amide bonds. The number of rotatable bonds is 3. The second-order valence-electron chi connectivity index (χ2n) is 6.60. The van der Waals surface area contributed by atoms with Gasteiger partial charge in [-0.05, 0) is 31.6 Å². The van der Waals surface area contributed by atoms with E-state index in [0.717, 1.165) is 32.3 Å². The lowest BCUT2D eigenvalue weighted by molar-refractivity contribution is -0.147. The molecule has 0 aromatic carbocycles. The Hall–Kier alpha value is -1.10. The molecule has 0 spiro atoms. The van der Waals surface area contributed by atoms with Gasteiger partial charge in [-0.1, -0.05) is 13.8 Å². The number of carbonyl (C=O) groups excluding carboxylic acids is 2. The van der Waals surface area contributed by atoms with E-state index in [9.17, 15) is 9.59 Å². The summed E-state index contributed by atoms with van der Waals surface area (Å²) in [6.45, 7) is 5.70. The van der Waals surface area contributed by atoms with Crippen LogP contribution in [0.25, 0.3) is 0 Å². The molecule has 0 radical (unpaired) electrons. The minimum absolute atomic E-state index is 0.00123. The van der Waals surface area contributed by atoms with Gasteiger partial charge in [0.25, 0.3) is 0 Å². The molecule has 3 rings (SSSR count). The Morgan fingerprint density at radius 3 is 2.70 bits per heavy atom. The Morgan fingerprint density at radius 1 is 1.30 bits per heavy atom. The topological polar surface area (TPSA) is 49.9 Å². The number of nitrogens with zero attached hydrogens (tertiary/aromatic N) is 2. The maximum absolute atomic E-state index is 12.7. The first-order valence-electron chi connectivity index (χ1n) is 7.78. The SMILES string of the molecule is CC(C)[C@H]1OCCC[C@H]1C(=O)N1CC(=O)N(C2CC2)C1. The van der Waals surface area contributed by atoms with Crippen molar-refractivity contribution in [3.8, 4) is 0 Å². The number of hydrogen-bond donors (Lipinski definition) is 0. The van der Waals surface area contributed by atoms with Crippen molar-refractivity contribution < 1.29 is 14.3 Å². The second-order valence-corrected chi connectivity index (χ2v) is 6.60. The molecule has 0 bridgehead atoms. The number of amides is 2. The fraction of sp³-hybridized carbons (Fsp3) is 0.867. The van der Waals surface area contributed by atoms with Crippen LogP contribution in [0, 0.1) is 11.8 Å². The first-order valence-corrected chi connectivity index (χ1v) is 7.78. The number of ether oxygens (including phenoxy) is 1. The van der Waals surface area contributed by atoms with Crippen molar-refractivity contribution in [2.24, 2.45) is 11.8 Å². The van der Waals surface area contributed by atoms with Gasteiger partial charge < -0.3 is 14.5 Å². The van der Waals surface area contributed by atoms with Crippen LogP contribution in [0.1, 0.15) is 39.5 Å². The van der Waals surface area contributed by atoms with Crippen LogP contribution >= 0.6 is 0 Å². The third kappa shape index (κ3) is 2.55. The second kappa shape index (κ2) is 5.35. The average molecular weight is 280 g/mol. The zero-order chi connectivity index (χ0) is 14.3. The highest BCUT2D eigenvalue weighted by Crippen LogP contribution is 2.32.